The molecule has 1 N–H and O–H groups in total. The van der Waals surface area contributed by atoms with Crippen molar-refractivity contribution in [1.29, 1.82) is 5.26 Å². The van der Waals surface area contributed by atoms with E-state index in [2.05, 4.69) is 15.3 Å². The van der Waals surface area contributed by atoms with Gasteiger partial charge in [0.1, 0.15) is 0 Å². The Morgan fingerprint density at radius 2 is 2.05 bits per heavy atom. The third-order valence-corrected chi connectivity index (χ3v) is 2.73. The molecule has 0 aliphatic rings. The fourth-order valence-electron chi connectivity index (χ4n) is 1.75. The fraction of sp³-hybridized carbons (Fsp3) is 0.200. The van der Waals surface area contributed by atoms with Crippen molar-refractivity contribution in [1.82, 2.24) is 15.3 Å². The highest BCUT2D eigenvalue weighted by molar-refractivity contribution is 5.94. The van der Waals surface area contributed by atoms with Crippen molar-refractivity contribution in [3.8, 4) is 6.07 Å². The average Bonchev–Trinajstić information content (AvgIpc) is 2.49. The van der Waals surface area contributed by atoms with Crippen LogP contribution in [0.3, 0.4) is 0 Å². The zero-order valence-electron chi connectivity index (χ0n) is 10.9. The van der Waals surface area contributed by atoms with Gasteiger partial charge >= 0.3 is 0 Å². The third kappa shape index (κ3) is 3.89. The SMILES string of the molecule is N#CCc1cc(C(=O)NCCc2ccccn2)ccn1. The molecule has 20 heavy (non-hydrogen) atoms. The summed E-state index contributed by atoms with van der Waals surface area (Å²) in [6.07, 6.45) is 4.16. The van der Waals surface area contributed by atoms with E-state index < -0.39 is 0 Å². The molecule has 0 fully saturated rings. The Kier molecular flexibility index (Phi) is 4.79. The summed E-state index contributed by atoms with van der Waals surface area (Å²) in [4.78, 5) is 20.2. The first kappa shape index (κ1) is 13.7. The molecule has 100 valence electrons. The van der Waals surface area contributed by atoms with Gasteiger partial charge in [0.25, 0.3) is 5.91 Å². The summed E-state index contributed by atoms with van der Waals surface area (Å²) in [5.41, 5.74) is 2.06. The molecule has 2 heterocycles. The molecule has 0 aliphatic heterocycles. The van der Waals surface area contributed by atoms with E-state index in [4.69, 9.17) is 5.26 Å². The molecule has 1 amide bonds. The van der Waals surface area contributed by atoms with Gasteiger partial charge in [-0.15, -0.1) is 0 Å². The van der Waals surface area contributed by atoms with E-state index in [9.17, 15) is 4.79 Å². The minimum absolute atomic E-state index is 0.164. The van der Waals surface area contributed by atoms with Crippen LogP contribution in [0.25, 0.3) is 0 Å². The number of amides is 1. The Labute approximate surface area is 117 Å². The quantitative estimate of drug-likeness (QED) is 0.889. The molecule has 0 atom stereocenters. The van der Waals surface area contributed by atoms with Crippen LogP contribution < -0.4 is 5.32 Å². The number of hydrogen-bond acceptors (Lipinski definition) is 4. The van der Waals surface area contributed by atoms with Gasteiger partial charge in [-0.2, -0.15) is 5.26 Å². The lowest BCUT2D eigenvalue weighted by atomic mass is 10.2. The molecule has 0 bridgehead atoms. The Morgan fingerprint density at radius 1 is 1.20 bits per heavy atom. The second-order valence-corrected chi connectivity index (χ2v) is 4.20. The molecule has 0 aliphatic carbocycles. The molecular weight excluding hydrogens is 252 g/mol. The average molecular weight is 266 g/mol. The molecule has 5 heteroatoms. The maximum atomic E-state index is 11.9. The summed E-state index contributed by atoms with van der Waals surface area (Å²) in [6, 6.07) is 11.0. The van der Waals surface area contributed by atoms with Crippen molar-refractivity contribution in [3.63, 3.8) is 0 Å². The summed E-state index contributed by atoms with van der Waals surface area (Å²) in [6.45, 7) is 0.520. The largest absolute Gasteiger partial charge is 0.352 e. The Morgan fingerprint density at radius 3 is 2.80 bits per heavy atom. The van der Waals surface area contributed by atoms with Crippen LogP contribution in [0.5, 0.6) is 0 Å². The first-order valence-electron chi connectivity index (χ1n) is 6.29. The Balaban J connectivity index is 1.89. The van der Waals surface area contributed by atoms with Crippen LogP contribution in [0, 0.1) is 11.3 Å². The van der Waals surface area contributed by atoms with Crippen LogP contribution in [0.1, 0.15) is 21.7 Å². The van der Waals surface area contributed by atoms with Crippen molar-refractivity contribution in [3.05, 3.63) is 59.7 Å². The molecule has 0 saturated heterocycles. The lowest BCUT2D eigenvalue weighted by Gasteiger charge is -2.05. The zero-order chi connectivity index (χ0) is 14.2. The van der Waals surface area contributed by atoms with E-state index in [1.807, 2.05) is 24.3 Å². The number of carbonyl (C=O) groups is 1. The van der Waals surface area contributed by atoms with Gasteiger partial charge in [0.2, 0.25) is 0 Å². The number of nitrogens with one attached hydrogen (secondary N) is 1. The van der Waals surface area contributed by atoms with E-state index in [0.717, 1.165) is 5.69 Å². The third-order valence-electron chi connectivity index (χ3n) is 2.73. The van der Waals surface area contributed by atoms with Crippen molar-refractivity contribution in [2.75, 3.05) is 6.54 Å². The number of nitrogens with zero attached hydrogens (tertiary/aromatic N) is 3. The number of rotatable bonds is 5. The van der Waals surface area contributed by atoms with Gasteiger partial charge in [-0.05, 0) is 24.3 Å². The number of hydrogen-bond donors (Lipinski definition) is 1. The van der Waals surface area contributed by atoms with Crippen LogP contribution >= 0.6 is 0 Å². The molecule has 0 radical (unpaired) electrons. The number of pyridine rings is 2. The van der Waals surface area contributed by atoms with Gasteiger partial charge in [-0.3, -0.25) is 14.8 Å². The Hall–Kier alpha value is -2.74. The molecule has 0 spiro atoms. The van der Waals surface area contributed by atoms with Gasteiger partial charge in [0.15, 0.2) is 0 Å². The monoisotopic (exact) mass is 266 g/mol. The molecule has 5 nitrogen and oxygen atoms in total. The summed E-state index contributed by atoms with van der Waals surface area (Å²) in [5, 5.41) is 11.4. The topological polar surface area (TPSA) is 78.7 Å². The molecule has 0 aromatic carbocycles. The summed E-state index contributed by atoms with van der Waals surface area (Å²) in [7, 11) is 0. The highest BCUT2D eigenvalue weighted by Crippen LogP contribution is 2.02. The number of aromatic nitrogens is 2. The normalized spacial score (nSPS) is 9.75. The van der Waals surface area contributed by atoms with Gasteiger partial charge in [0, 0.05) is 36.6 Å². The lowest BCUT2D eigenvalue weighted by molar-refractivity contribution is 0.0954. The van der Waals surface area contributed by atoms with Gasteiger partial charge < -0.3 is 5.32 Å². The van der Waals surface area contributed by atoms with Crippen LogP contribution in [0.15, 0.2) is 42.7 Å². The molecule has 0 unspecified atom stereocenters. The zero-order valence-corrected chi connectivity index (χ0v) is 10.9. The summed E-state index contributed by atoms with van der Waals surface area (Å²) in [5.74, 6) is -0.164. The highest BCUT2D eigenvalue weighted by Gasteiger charge is 2.06. The molecule has 0 saturated carbocycles. The number of carbonyl (C=O) groups excluding carboxylic acids is 1. The van der Waals surface area contributed by atoms with Crippen molar-refractivity contribution >= 4 is 5.91 Å². The lowest BCUT2D eigenvalue weighted by Crippen LogP contribution is -2.26. The molecule has 2 rings (SSSR count). The fourth-order valence-corrected chi connectivity index (χ4v) is 1.75. The Bertz CT molecular complexity index is 619. The molecule has 2 aromatic rings. The number of nitriles is 1. The van der Waals surface area contributed by atoms with Crippen LogP contribution in [0.4, 0.5) is 0 Å². The van der Waals surface area contributed by atoms with Crippen molar-refractivity contribution in [2.24, 2.45) is 0 Å². The van der Waals surface area contributed by atoms with Gasteiger partial charge in [-0.1, -0.05) is 6.07 Å². The van der Waals surface area contributed by atoms with Crippen LogP contribution in [0.2, 0.25) is 0 Å². The summed E-state index contributed by atoms with van der Waals surface area (Å²) < 4.78 is 0. The van der Waals surface area contributed by atoms with E-state index in [1.54, 1.807) is 24.5 Å². The maximum absolute atomic E-state index is 11.9. The minimum atomic E-state index is -0.164. The predicted molar refractivity (Wildman–Crippen MR) is 73.8 cm³/mol. The van der Waals surface area contributed by atoms with E-state index in [0.29, 0.717) is 24.2 Å². The van der Waals surface area contributed by atoms with Crippen molar-refractivity contribution < 1.29 is 4.79 Å². The van der Waals surface area contributed by atoms with E-state index >= 15 is 0 Å². The maximum Gasteiger partial charge on any atom is 0.251 e. The first-order valence-corrected chi connectivity index (χ1v) is 6.29. The van der Waals surface area contributed by atoms with Gasteiger partial charge in [-0.25, -0.2) is 0 Å². The molecular formula is C15H14N4O. The van der Waals surface area contributed by atoms with Crippen LogP contribution in [-0.4, -0.2) is 22.4 Å². The van der Waals surface area contributed by atoms with E-state index in [-0.39, 0.29) is 12.3 Å². The smallest absolute Gasteiger partial charge is 0.251 e. The highest BCUT2D eigenvalue weighted by atomic mass is 16.1. The minimum Gasteiger partial charge on any atom is -0.352 e. The second kappa shape index (κ2) is 7.00. The van der Waals surface area contributed by atoms with Crippen molar-refractivity contribution in [2.45, 2.75) is 12.8 Å². The second-order valence-electron chi connectivity index (χ2n) is 4.20. The van der Waals surface area contributed by atoms with E-state index in [1.165, 1.54) is 0 Å². The standard InChI is InChI=1S/C15H14N4O/c16-7-4-14-11-12(5-9-18-14)15(20)19-10-6-13-3-1-2-8-17-13/h1-3,5,8-9,11H,4,6,10H2,(H,19,20). The molecule has 2 aromatic heterocycles. The summed E-state index contributed by atoms with van der Waals surface area (Å²) >= 11 is 0. The predicted octanol–water partition coefficient (Wildman–Crippen LogP) is 1.52. The van der Waals surface area contributed by atoms with Gasteiger partial charge in [0.05, 0.1) is 18.2 Å². The first-order chi connectivity index (χ1) is 9.79. The van der Waals surface area contributed by atoms with Crippen LogP contribution in [-0.2, 0) is 12.8 Å².